The van der Waals surface area contributed by atoms with Crippen LogP contribution >= 0.6 is 0 Å². The molecule has 1 N–H and O–H groups in total. The molecule has 0 heterocycles. The molecule has 0 radical (unpaired) electrons. The van der Waals surface area contributed by atoms with Crippen molar-refractivity contribution >= 4 is 23.9 Å². The number of hydrogen-bond donors (Lipinski definition) is 1. The highest BCUT2D eigenvalue weighted by molar-refractivity contribution is 5.99. The van der Waals surface area contributed by atoms with Gasteiger partial charge in [-0.05, 0) is 54.4 Å². The van der Waals surface area contributed by atoms with E-state index in [0.717, 1.165) is 0 Å². The summed E-state index contributed by atoms with van der Waals surface area (Å²) in [4.78, 5) is 50.1. The third-order valence-electron chi connectivity index (χ3n) is 4.10. The number of carbonyl (C=O) groups is 4. The molecule has 2 unspecified atom stereocenters. The van der Waals surface area contributed by atoms with E-state index in [0.29, 0.717) is 11.3 Å². The van der Waals surface area contributed by atoms with Crippen LogP contribution in [0.15, 0.2) is 12.7 Å². The number of Topliss-reactive ketones (excluding diaryl/α,β-unsaturated/α-hetero) is 1. The molecular weight excluding hydrogens is 366 g/mol. The van der Waals surface area contributed by atoms with Gasteiger partial charge < -0.3 is 14.6 Å². The lowest BCUT2D eigenvalue weighted by Crippen LogP contribution is -2.54. The average Bonchev–Trinajstić information content (AvgIpc) is 3.15. The summed E-state index contributed by atoms with van der Waals surface area (Å²) in [6.45, 7) is 13.2. The fourth-order valence-electron chi connectivity index (χ4n) is 2.84. The van der Waals surface area contributed by atoms with Crippen LogP contribution in [0.4, 0.5) is 9.59 Å². The van der Waals surface area contributed by atoms with Crippen molar-refractivity contribution in [3.8, 4) is 0 Å². The third kappa shape index (κ3) is 6.07. The second kappa shape index (κ2) is 8.32. The zero-order chi connectivity index (χ0) is 21.9. The summed E-state index contributed by atoms with van der Waals surface area (Å²) in [5, 5.41) is 9.84. The van der Waals surface area contributed by atoms with Crippen molar-refractivity contribution in [3.63, 3.8) is 0 Å². The van der Waals surface area contributed by atoms with Crippen LogP contribution in [0.2, 0.25) is 0 Å². The van der Waals surface area contributed by atoms with Gasteiger partial charge in [0.05, 0.1) is 0 Å². The first-order valence-electron chi connectivity index (χ1n) is 9.26. The average molecular weight is 397 g/mol. The van der Waals surface area contributed by atoms with Crippen LogP contribution in [-0.2, 0) is 19.1 Å². The van der Waals surface area contributed by atoms with Gasteiger partial charge in [0.25, 0.3) is 0 Å². The molecule has 0 aromatic carbocycles. The number of rotatable bonds is 7. The second-order valence-corrected chi connectivity index (χ2v) is 9.00. The molecular formula is C20H31NO7. The third-order valence-corrected chi connectivity index (χ3v) is 4.10. The number of nitrogens with zero attached hydrogens (tertiary/aromatic N) is 1. The molecule has 1 fully saturated rings. The zero-order valence-electron chi connectivity index (χ0n) is 17.5. The number of carboxylic acids is 1. The molecule has 8 heteroatoms. The van der Waals surface area contributed by atoms with Crippen LogP contribution in [0, 0.1) is 5.92 Å². The van der Waals surface area contributed by atoms with E-state index in [9.17, 15) is 24.3 Å². The van der Waals surface area contributed by atoms with E-state index in [1.807, 2.05) is 0 Å². The van der Waals surface area contributed by atoms with Crippen LogP contribution in [0.5, 0.6) is 0 Å². The number of carbonyl (C=O) groups excluding carboxylic acids is 3. The molecule has 1 aliphatic carbocycles. The Morgan fingerprint density at radius 2 is 1.54 bits per heavy atom. The van der Waals surface area contributed by atoms with Crippen molar-refractivity contribution in [1.82, 2.24) is 4.90 Å². The fraction of sp³-hybridized carbons (Fsp3) is 0.700. The number of ketones is 1. The SMILES string of the molecule is C=CCCC(=O)CC1CC1(C(=O)O)N(C(=O)OC(C)(C)C)C(=O)OC(C)(C)C. The quantitative estimate of drug-likeness (QED) is 0.648. The van der Waals surface area contributed by atoms with E-state index in [1.54, 1.807) is 47.6 Å². The molecule has 2 atom stereocenters. The Hall–Kier alpha value is -2.38. The maximum absolute atomic E-state index is 12.7. The van der Waals surface area contributed by atoms with Crippen LogP contribution in [0.3, 0.4) is 0 Å². The summed E-state index contributed by atoms with van der Waals surface area (Å²) in [5.74, 6) is -2.21. The van der Waals surface area contributed by atoms with E-state index >= 15 is 0 Å². The molecule has 28 heavy (non-hydrogen) atoms. The Labute approximate surface area is 165 Å². The second-order valence-electron chi connectivity index (χ2n) is 9.00. The number of allylic oxidation sites excluding steroid dienone is 1. The largest absolute Gasteiger partial charge is 0.479 e. The summed E-state index contributed by atoms with van der Waals surface area (Å²) < 4.78 is 10.5. The molecule has 0 saturated heterocycles. The van der Waals surface area contributed by atoms with Gasteiger partial charge in [0.1, 0.15) is 17.0 Å². The van der Waals surface area contributed by atoms with Crippen molar-refractivity contribution in [2.24, 2.45) is 5.92 Å². The van der Waals surface area contributed by atoms with Gasteiger partial charge in [-0.15, -0.1) is 6.58 Å². The first-order chi connectivity index (χ1) is 12.6. The standard InChI is InChI=1S/C20H31NO7/c1-8-9-10-14(22)11-13-12-20(13,15(23)24)21(16(25)27-18(2,3)4)17(26)28-19(5,6)7/h8,13H,1,9-12H2,2-7H3,(H,23,24). The molecule has 1 rings (SSSR count). The van der Waals surface area contributed by atoms with Crippen molar-refractivity contribution in [1.29, 1.82) is 0 Å². The minimum absolute atomic E-state index is 0.0271. The van der Waals surface area contributed by atoms with Crippen LogP contribution in [0.1, 0.15) is 67.2 Å². The predicted molar refractivity (Wildman–Crippen MR) is 102 cm³/mol. The first-order valence-corrected chi connectivity index (χ1v) is 9.26. The maximum Gasteiger partial charge on any atom is 0.420 e. The molecule has 1 aliphatic rings. The van der Waals surface area contributed by atoms with Gasteiger partial charge in [-0.25, -0.2) is 14.4 Å². The van der Waals surface area contributed by atoms with Gasteiger partial charge in [-0.1, -0.05) is 6.08 Å². The Morgan fingerprint density at radius 1 is 1.07 bits per heavy atom. The number of amides is 2. The van der Waals surface area contributed by atoms with Crippen molar-refractivity contribution in [2.75, 3.05) is 0 Å². The monoisotopic (exact) mass is 397 g/mol. The predicted octanol–water partition coefficient (Wildman–Crippen LogP) is 3.93. The van der Waals surface area contributed by atoms with Crippen molar-refractivity contribution in [2.45, 2.75) is 84.0 Å². The highest BCUT2D eigenvalue weighted by atomic mass is 16.6. The van der Waals surface area contributed by atoms with Gasteiger partial charge >= 0.3 is 18.2 Å². The van der Waals surface area contributed by atoms with E-state index < -0.39 is 40.8 Å². The topological polar surface area (TPSA) is 110 Å². The first kappa shape index (κ1) is 23.7. The summed E-state index contributed by atoms with van der Waals surface area (Å²) >= 11 is 0. The number of carboxylic acid groups (broad SMARTS) is 1. The minimum atomic E-state index is -1.85. The highest BCUT2D eigenvalue weighted by Gasteiger charge is 2.69. The molecule has 0 aromatic rings. The van der Waals surface area contributed by atoms with Gasteiger partial charge in [0, 0.05) is 18.8 Å². The molecule has 0 aromatic heterocycles. The van der Waals surface area contributed by atoms with Crippen LogP contribution in [-0.4, -0.2) is 50.7 Å². The van der Waals surface area contributed by atoms with Crippen LogP contribution in [0.25, 0.3) is 0 Å². The molecule has 2 amide bonds. The number of imide groups is 1. The van der Waals surface area contributed by atoms with Crippen LogP contribution < -0.4 is 0 Å². The smallest absolute Gasteiger partial charge is 0.420 e. The Bertz CT molecular complexity index is 628. The minimum Gasteiger partial charge on any atom is -0.479 e. The zero-order valence-corrected chi connectivity index (χ0v) is 17.5. The Balaban J connectivity index is 3.19. The molecule has 0 spiro atoms. The lowest BCUT2D eigenvalue weighted by atomic mass is 10.0. The number of aliphatic carboxylic acids is 1. The van der Waals surface area contributed by atoms with Crippen molar-refractivity contribution < 1.29 is 33.8 Å². The summed E-state index contributed by atoms with van der Waals surface area (Å²) in [6, 6.07) is 0. The van der Waals surface area contributed by atoms with Gasteiger partial charge in [0.2, 0.25) is 0 Å². The summed E-state index contributed by atoms with van der Waals surface area (Å²) in [5.41, 5.74) is -3.74. The van der Waals surface area contributed by atoms with Gasteiger partial charge in [-0.2, -0.15) is 4.90 Å². The van der Waals surface area contributed by atoms with E-state index in [1.165, 1.54) is 0 Å². The lowest BCUT2D eigenvalue weighted by molar-refractivity contribution is -0.145. The number of hydrogen-bond acceptors (Lipinski definition) is 6. The van der Waals surface area contributed by atoms with Crippen molar-refractivity contribution in [3.05, 3.63) is 12.7 Å². The fourth-order valence-corrected chi connectivity index (χ4v) is 2.84. The molecule has 1 saturated carbocycles. The van der Waals surface area contributed by atoms with E-state index in [-0.39, 0.29) is 25.0 Å². The normalized spacial score (nSPS) is 21.4. The molecule has 0 bridgehead atoms. The molecule has 8 nitrogen and oxygen atoms in total. The Kier molecular flexibility index (Phi) is 7.03. The van der Waals surface area contributed by atoms with Gasteiger partial charge in [0.15, 0.2) is 5.54 Å². The van der Waals surface area contributed by atoms with Gasteiger partial charge in [-0.3, -0.25) is 4.79 Å². The lowest BCUT2D eigenvalue weighted by Gasteiger charge is -2.32. The number of ether oxygens (including phenoxy) is 2. The summed E-state index contributed by atoms with van der Waals surface area (Å²) in [6.07, 6.45) is 0.0174. The summed E-state index contributed by atoms with van der Waals surface area (Å²) in [7, 11) is 0. The van der Waals surface area contributed by atoms with E-state index in [2.05, 4.69) is 6.58 Å². The molecule has 158 valence electrons. The highest BCUT2D eigenvalue weighted by Crippen LogP contribution is 2.52. The maximum atomic E-state index is 12.7. The van der Waals surface area contributed by atoms with E-state index in [4.69, 9.17) is 9.47 Å². The molecule has 0 aliphatic heterocycles. The Morgan fingerprint density at radius 3 is 1.89 bits per heavy atom.